The van der Waals surface area contributed by atoms with Crippen molar-refractivity contribution in [2.75, 3.05) is 33.5 Å². The molecule has 0 radical (unpaired) electrons. The second kappa shape index (κ2) is 9.90. The Bertz CT molecular complexity index is 1050. The maximum absolute atomic E-state index is 6.17. The van der Waals surface area contributed by atoms with Gasteiger partial charge in [-0.25, -0.2) is 4.99 Å². The third-order valence-electron chi connectivity index (χ3n) is 4.96. The fraction of sp³-hybridized carbons (Fsp3) is 0.240. The van der Waals surface area contributed by atoms with Crippen molar-refractivity contribution >= 4 is 23.0 Å². The van der Waals surface area contributed by atoms with Gasteiger partial charge in [-0.15, -0.1) is 0 Å². The monoisotopic (exact) mass is 421 g/mol. The number of hydrogen-bond acceptors (Lipinski definition) is 4. The fourth-order valence-electron chi connectivity index (χ4n) is 3.55. The molecule has 4 rings (SSSR count). The van der Waals surface area contributed by atoms with Crippen LogP contribution in [0.5, 0.6) is 5.75 Å². The molecule has 0 saturated carbocycles. The lowest BCUT2D eigenvalue weighted by molar-refractivity contribution is 0.0544. The Morgan fingerprint density at radius 1 is 0.833 bits per heavy atom. The first-order valence-corrected chi connectivity index (χ1v) is 10.4. The van der Waals surface area contributed by atoms with Crippen molar-refractivity contribution in [1.82, 2.24) is 0 Å². The second-order valence-electron chi connectivity index (χ2n) is 7.05. The van der Waals surface area contributed by atoms with Gasteiger partial charge in [0, 0.05) is 23.3 Å². The first-order valence-electron chi connectivity index (χ1n) is 10.00. The summed E-state index contributed by atoms with van der Waals surface area (Å²) < 4.78 is 16.3. The summed E-state index contributed by atoms with van der Waals surface area (Å²) in [5.74, 6) is 0.838. The molecule has 1 aliphatic carbocycles. The van der Waals surface area contributed by atoms with Crippen molar-refractivity contribution in [3.05, 3.63) is 94.0 Å². The van der Waals surface area contributed by atoms with E-state index in [2.05, 4.69) is 36.4 Å². The fourth-order valence-corrected chi connectivity index (χ4v) is 3.74. The predicted octanol–water partition coefficient (Wildman–Crippen LogP) is 5.46. The first kappa shape index (κ1) is 20.6. The Labute approximate surface area is 182 Å². The van der Waals surface area contributed by atoms with Crippen LogP contribution in [0.3, 0.4) is 0 Å². The Balaban J connectivity index is 1.59. The molecule has 0 aliphatic heterocycles. The summed E-state index contributed by atoms with van der Waals surface area (Å²) >= 11 is 6.17. The molecule has 3 aromatic rings. The number of methoxy groups -OCH3 is 1. The average molecular weight is 422 g/mol. The summed E-state index contributed by atoms with van der Waals surface area (Å²) in [7, 11) is 1.66. The molecule has 0 unspecified atom stereocenters. The highest BCUT2D eigenvalue weighted by atomic mass is 35.5. The normalized spacial score (nSPS) is 13.7. The predicted molar refractivity (Wildman–Crippen MR) is 121 cm³/mol. The molecule has 1 aliphatic rings. The number of ether oxygens (including phenoxy) is 3. The average Bonchev–Trinajstić information content (AvgIpc) is 2.76. The van der Waals surface area contributed by atoms with Crippen LogP contribution in [0.1, 0.15) is 22.3 Å². The molecule has 30 heavy (non-hydrogen) atoms. The molecule has 0 aromatic heterocycles. The van der Waals surface area contributed by atoms with E-state index in [9.17, 15) is 0 Å². The lowest BCUT2D eigenvalue weighted by Gasteiger charge is -2.22. The number of nitrogens with zero attached hydrogens (tertiary/aromatic N) is 1. The van der Waals surface area contributed by atoms with E-state index in [1.807, 2.05) is 30.3 Å². The summed E-state index contributed by atoms with van der Waals surface area (Å²) in [6, 6.07) is 22.2. The number of rotatable bonds is 8. The largest absolute Gasteiger partial charge is 0.491 e. The van der Waals surface area contributed by atoms with Gasteiger partial charge >= 0.3 is 0 Å². The van der Waals surface area contributed by atoms with E-state index in [0.717, 1.165) is 34.7 Å². The molecule has 4 nitrogen and oxygen atoms in total. The Kier molecular flexibility index (Phi) is 6.80. The van der Waals surface area contributed by atoms with Gasteiger partial charge in [0.15, 0.2) is 0 Å². The molecule has 0 spiro atoms. The third-order valence-corrected chi connectivity index (χ3v) is 5.20. The van der Waals surface area contributed by atoms with Crippen molar-refractivity contribution in [3.63, 3.8) is 0 Å². The van der Waals surface area contributed by atoms with Crippen molar-refractivity contribution in [3.8, 4) is 5.75 Å². The first-order chi connectivity index (χ1) is 14.7. The summed E-state index contributed by atoms with van der Waals surface area (Å²) in [5, 5.41) is 0.678. The maximum Gasteiger partial charge on any atom is 0.119 e. The molecule has 0 amide bonds. The topological polar surface area (TPSA) is 40.0 Å². The minimum absolute atomic E-state index is 0.503. The van der Waals surface area contributed by atoms with Gasteiger partial charge in [0.05, 0.1) is 31.2 Å². The van der Waals surface area contributed by atoms with E-state index >= 15 is 0 Å². The van der Waals surface area contributed by atoms with Crippen molar-refractivity contribution < 1.29 is 14.2 Å². The van der Waals surface area contributed by atoms with Gasteiger partial charge < -0.3 is 14.2 Å². The summed E-state index contributed by atoms with van der Waals surface area (Å²) in [5.41, 5.74) is 6.54. The van der Waals surface area contributed by atoms with Gasteiger partial charge in [-0.2, -0.15) is 0 Å². The zero-order chi connectivity index (χ0) is 20.8. The number of hydrogen-bond donors (Lipinski definition) is 0. The zero-order valence-electron chi connectivity index (χ0n) is 16.9. The lowest BCUT2D eigenvalue weighted by Crippen LogP contribution is -2.16. The SMILES string of the molecule is COCCOCCOc1ccc2c(c1)Cc1ccccc1C2=Nc1cccc(Cl)c1. The smallest absolute Gasteiger partial charge is 0.119 e. The van der Waals surface area contributed by atoms with Crippen molar-refractivity contribution in [2.45, 2.75) is 6.42 Å². The molecule has 5 heteroatoms. The van der Waals surface area contributed by atoms with E-state index < -0.39 is 0 Å². The quantitative estimate of drug-likeness (QED) is 0.355. The molecular formula is C25H24ClNO3. The van der Waals surface area contributed by atoms with E-state index in [0.29, 0.717) is 31.5 Å². The van der Waals surface area contributed by atoms with Crippen LogP contribution >= 0.6 is 11.6 Å². The molecular weight excluding hydrogens is 398 g/mol. The van der Waals surface area contributed by atoms with Gasteiger partial charge in [-0.1, -0.05) is 41.9 Å². The molecule has 0 heterocycles. The van der Waals surface area contributed by atoms with Gasteiger partial charge in [-0.3, -0.25) is 0 Å². The van der Waals surface area contributed by atoms with E-state index in [4.69, 9.17) is 30.8 Å². The standard InChI is InChI=1S/C25H24ClNO3/c1-28-11-12-29-13-14-30-22-9-10-24-19(16-22)15-18-5-2-3-8-23(18)25(24)27-21-7-4-6-20(26)17-21/h2-10,16-17H,11-15H2,1H3. The lowest BCUT2D eigenvalue weighted by atomic mass is 9.84. The van der Waals surface area contributed by atoms with E-state index in [1.54, 1.807) is 7.11 Å². The van der Waals surface area contributed by atoms with Gasteiger partial charge in [0.1, 0.15) is 12.4 Å². The van der Waals surface area contributed by atoms with Crippen molar-refractivity contribution in [1.29, 1.82) is 0 Å². The zero-order valence-corrected chi connectivity index (χ0v) is 17.7. The van der Waals surface area contributed by atoms with Crippen LogP contribution in [0.4, 0.5) is 5.69 Å². The molecule has 0 N–H and O–H groups in total. The number of halogens is 1. The van der Waals surface area contributed by atoms with Crippen LogP contribution in [0.2, 0.25) is 5.02 Å². The second-order valence-corrected chi connectivity index (χ2v) is 7.48. The minimum atomic E-state index is 0.503. The minimum Gasteiger partial charge on any atom is -0.491 e. The van der Waals surface area contributed by atoms with Crippen LogP contribution in [0.25, 0.3) is 0 Å². The van der Waals surface area contributed by atoms with E-state index in [1.165, 1.54) is 11.1 Å². The molecule has 0 atom stereocenters. The number of aliphatic imine (C=N–C) groups is 1. The van der Waals surface area contributed by atoms with Crippen molar-refractivity contribution in [2.24, 2.45) is 4.99 Å². The van der Waals surface area contributed by atoms with Gasteiger partial charge in [0.2, 0.25) is 0 Å². The summed E-state index contributed by atoms with van der Waals surface area (Å²) in [6.45, 7) is 2.20. The maximum atomic E-state index is 6.17. The van der Waals surface area contributed by atoms with Crippen LogP contribution < -0.4 is 4.74 Å². The third kappa shape index (κ3) is 4.90. The van der Waals surface area contributed by atoms with E-state index in [-0.39, 0.29) is 0 Å². The molecule has 154 valence electrons. The highest BCUT2D eigenvalue weighted by molar-refractivity contribution is 6.30. The molecule has 0 fully saturated rings. The van der Waals surface area contributed by atoms with Crippen LogP contribution in [0, 0.1) is 0 Å². The Hall–Kier alpha value is -2.66. The molecule has 0 saturated heterocycles. The van der Waals surface area contributed by atoms with Crippen LogP contribution in [-0.2, 0) is 15.9 Å². The highest BCUT2D eigenvalue weighted by Crippen LogP contribution is 2.32. The number of benzene rings is 3. The molecule has 3 aromatic carbocycles. The molecule has 0 bridgehead atoms. The van der Waals surface area contributed by atoms with Gasteiger partial charge in [-0.05, 0) is 53.9 Å². The Morgan fingerprint density at radius 3 is 2.53 bits per heavy atom. The summed E-state index contributed by atoms with van der Waals surface area (Å²) in [6.07, 6.45) is 0.849. The number of fused-ring (bicyclic) bond motifs is 2. The highest BCUT2D eigenvalue weighted by Gasteiger charge is 2.22. The Morgan fingerprint density at radius 2 is 1.67 bits per heavy atom. The van der Waals surface area contributed by atoms with Gasteiger partial charge in [0.25, 0.3) is 0 Å². The van der Waals surface area contributed by atoms with Crippen LogP contribution in [0.15, 0.2) is 71.7 Å². The summed E-state index contributed by atoms with van der Waals surface area (Å²) in [4.78, 5) is 4.95. The van der Waals surface area contributed by atoms with Crippen LogP contribution in [-0.4, -0.2) is 39.2 Å².